The monoisotopic (exact) mass is 395 g/mol. The van der Waals surface area contributed by atoms with Crippen molar-refractivity contribution in [3.63, 3.8) is 0 Å². The molecule has 0 aliphatic rings. The topological polar surface area (TPSA) is 47.0 Å². The van der Waals surface area contributed by atoms with Gasteiger partial charge in [0.1, 0.15) is 11.6 Å². The summed E-state index contributed by atoms with van der Waals surface area (Å²) < 4.78 is 41.9. The molecule has 20 heavy (non-hydrogen) atoms. The minimum absolute atomic E-state index is 0.162. The number of hydrogen-bond donors (Lipinski definition) is 1. The van der Waals surface area contributed by atoms with Crippen molar-refractivity contribution in [2.24, 2.45) is 0 Å². The molecule has 1 N–H and O–H groups in total. The molecule has 1 aromatic heterocycles. The van der Waals surface area contributed by atoms with E-state index in [1.165, 1.54) is 24.4 Å². The third-order valence-corrected chi connectivity index (χ3v) is 3.12. The number of rotatable bonds is 3. The van der Waals surface area contributed by atoms with Gasteiger partial charge in [-0.2, -0.15) is 0 Å². The summed E-state index contributed by atoms with van der Waals surface area (Å²) in [6, 6.07) is 5.75. The number of benzene rings is 1. The quantitative estimate of drug-likeness (QED) is 0.806. The van der Waals surface area contributed by atoms with E-state index in [0.717, 1.165) is 3.57 Å². The maximum Gasteiger partial charge on any atom is 0.573 e. The summed E-state index contributed by atoms with van der Waals surface area (Å²) in [6.45, 7) is 0. The van der Waals surface area contributed by atoms with Crippen molar-refractivity contribution in [1.82, 2.24) is 9.97 Å². The Morgan fingerprint density at radius 3 is 2.60 bits per heavy atom. The van der Waals surface area contributed by atoms with E-state index >= 15 is 0 Å². The summed E-state index contributed by atoms with van der Waals surface area (Å²) in [4.78, 5) is 8.22. The maximum absolute atomic E-state index is 12.4. The Morgan fingerprint density at radius 1 is 1.25 bits per heavy atom. The van der Waals surface area contributed by atoms with Gasteiger partial charge in [-0.25, -0.2) is 9.97 Å². The van der Waals surface area contributed by atoms with Crippen LogP contribution in [0.3, 0.4) is 0 Å². The minimum atomic E-state index is -4.76. The third-order valence-electron chi connectivity index (χ3n) is 2.33. The Kier molecular flexibility index (Phi) is 4.31. The first-order chi connectivity index (χ1) is 9.40. The second-order valence-electron chi connectivity index (χ2n) is 3.68. The summed E-state index contributed by atoms with van der Waals surface area (Å²) in [5, 5.41) is 2.85. The molecule has 1 aromatic carbocycles. The number of hydrogen-bond acceptors (Lipinski definition) is 4. The molecule has 0 saturated carbocycles. The Morgan fingerprint density at radius 2 is 1.95 bits per heavy atom. The molecule has 4 nitrogen and oxygen atoms in total. The highest BCUT2D eigenvalue weighted by Gasteiger charge is 2.32. The molecule has 8 heteroatoms. The maximum atomic E-state index is 12.4. The van der Waals surface area contributed by atoms with Crippen molar-refractivity contribution in [2.45, 2.75) is 6.36 Å². The number of para-hydroxylation sites is 1. The van der Waals surface area contributed by atoms with Crippen molar-refractivity contribution >= 4 is 28.4 Å². The second-order valence-corrected chi connectivity index (χ2v) is 4.85. The summed E-state index contributed by atoms with van der Waals surface area (Å²) in [7, 11) is 1.67. The molecule has 0 fully saturated rings. The van der Waals surface area contributed by atoms with Gasteiger partial charge in [0.15, 0.2) is 5.82 Å². The number of alkyl halides is 3. The molecule has 0 aliphatic heterocycles. The summed E-state index contributed by atoms with van der Waals surface area (Å²) in [5.74, 6) is 0.371. The average Bonchev–Trinajstić information content (AvgIpc) is 2.38. The largest absolute Gasteiger partial charge is 0.573 e. The Hall–Kier alpha value is -1.58. The lowest BCUT2D eigenvalue weighted by atomic mass is 10.2. The molecule has 0 unspecified atom stereocenters. The number of halogens is 4. The number of nitrogens with one attached hydrogen (secondary N) is 1. The molecule has 0 atom stereocenters. The molecule has 106 valence electrons. The number of ether oxygens (including phenoxy) is 1. The molecule has 0 aliphatic carbocycles. The Bertz CT molecular complexity index is 619. The highest BCUT2D eigenvalue weighted by atomic mass is 127. The van der Waals surface area contributed by atoms with E-state index in [-0.39, 0.29) is 17.1 Å². The van der Waals surface area contributed by atoms with Gasteiger partial charge >= 0.3 is 6.36 Å². The summed E-state index contributed by atoms with van der Waals surface area (Å²) >= 11 is 2.03. The van der Waals surface area contributed by atoms with Gasteiger partial charge in [0, 0.05) is 13.2 Å². The standard InChI is InChI=1S/C12H9F3IN3O/c1-17-11-8(16)6-18-10(19-11)7-4-2-3-5-9(7)20-12(13,14)15/h2-6H,1H3,(H,17,18,19). The van der Waals surface area contributed by atoms with E-state index in [2.05, 4.69) is 20.0 Å². The Labute approximate surface area is 126 Å². The number of nitrogens with zero attached hydrogens (tertiary/aromatic N) is 2. The summed E-state index contributed by atoms with van der Waals surface area (Å²) in [5.41, 5.74) is 0.178. The molecule has 2 aromatic rings. The second kappa shape index (κ2) is 5.81. The lowest BCUT2D eigenvalue weighted by Gasteiger charge is -2.13. The molecular weight excluding hydrogens is 386 g/mol. The zero-order valence-corrected chi connectivity index (χ0v) is 12.4. The van der Waals surface area contributed by atoms with Crippen LogP contribution < -0.4 is 10.1 Å². The molecule has 2 rings (SSSR count). The van der Waals surface area contributed by atoms with Gasteiger partial charge in [-0.3, -0.25) is 0 Å². The first-order valence-electron chi connectivity index (χ1n) is 5.46. The third kappa shape index (κ3) is 3.50. The molecule has 1 heterocycles. The zero-order valence-electron chi connectivity index (χ0n) is 10.2. The van der Waals surface area contributed by atoms with Gasteiger partial charge < -0.3 is 10.1 Å². The normalized spacial score (nSPS) is 11.2. The van der Waals surface area contributed by atoms with Crippen LogP contribution in [0.15, 0.2) is 30.5 Å². The molecule has 0 radical (unpaired) electrons. The average molecular weight is 395 g/mol. The van der Waals surface area contributed by atoms with Crippen molar-refractivity contribution in [1.29, 1.82) is 0 Å². The molecule has 0 amide bonds. The zero-order chi connectivity index (χ0) is 14.8. The molecule has 0 saturated heterocycles. The van der Waals surface area contributed by atoms with Crippen LogP contribution >= 0.6 is 22.6 Å². The lowest BCUT2D eigenvalue weighted by Crippen LogP contribution is -2.17. The SMILES string of the molecule is CNc1nc(-c2ccccc2OC(F)(F)F)ncc1I. The molecule has 0 bridgehead atoms. The summed E-state index contributed by atoms with van der Waals surface area (Å²) in [6.07, 6.45) is -3.23. The predicted octanol–water partition coefficient (Wildman–Crippen LogP) is 3.69. The van der Waals surface area contributed by atoms with Gasteiger partial charge in [-0.1, -0.05) is 12.1 Å². The first-order valence-corrected chi connectivity index (χ1v) is 6.54. The van der Waals surface area contributed by atoms with Crippen LogP contribution in [0, 0.1) is 3.57 Å². The van der Waals surface area contributed by atoms with Gasteiger partial charge in [0.05, 0.1) is 9.13 Å². The van der Waals surface area contributed by atoms with Gasteiger partial charge in [0.2, 0.25) is 0 Å². The van der Waals surface area contributed by atoms with E-state index in [1.807, 2.05) is 22.6 Å². The van der Waals surface area contributed by atoms with E-state index in [9.17, 15) is 13.2 Å². The fourth-order valence-electron chi connectivity index (χ4n) is 1.54. The predicted molar refractivity (Wildman–Crippen MR) is 76.4 cm³/mol. The van der Waals surface area contributed by atoms with Crippen LogP contribution in [-0.4, -0.2) is 23.4 Å². The van der Waals surface area contributed by atoms with E-state index in [1.54, 1.807) is 13.1 Å². The lowest BCUT2D eigenvalue weighted by molar-refractivity contribution is -0.274. The van der Waals surface area contributed by atoms with Crippen molar-refractivity contribution < 1.29 is 17.9 Å². The fourth-order valence-corrected chi connectivity index (χ4v) is 2.07. The van der Waals surface area contributed by atoms with Crippen LogP contribution in [0.1, 0.15) is 0 Å². The van der Waals surface area contributed by atoms with E-state index < -0.39 is 6.36 Å². The van der Waals surface area contributed by atoms with Crippen molar-refractivity contribution in [3.05, 3.63) is 34.0 Å². The minimum Gasteiger partial charge on any atom is -0.405 e. The Balaban J connectivity index is 2.47. The van der Waals surface area contributed by atoms with Crippen molar-refractivity contribution in [3.8, 4) is 17.1 Å². The van der Waals surface area contributed by atoms with Gasteiger partial charge in [0.25, 0.3) is 0 Å². The molecule has 0 spiro atoms. The van der Waals surface area contributed by atoms with E-state index in [4.69, 9.17) is 0 Å². The fraction of sp³-hybridized carbons (Fsp3) is 0.167. The highest BCUT2D eigenvalue weighted by molar-refractivity contribution is 14.1. The van der Waals surface area contributed by atoms with Gasteiger partial charge in [-0.05, 0) is 34.7 Å². The van der Waals surface area contributed by atoms with E-state index in [0.29, 0.717) is 5.82 Å². The van der Waals surface area contributed by atoms with Crippen LogP contribution in [0.5, 0.6) is 5.75 Å². The van der Waals surface area contributed by atoms with Gasteiger partial charge in [-0.15, -0.1) is 13.2 Å². The number of anilines is 1. The first kappa shape index (κ1) is 14.8. The highest BCUT2D eigenvalue weighted by Crippen LogP contribution is 2.32. The van der Waals surface area contributed by atoms with Crippen molar-refractivity contribution in [2.75, 3.05) is 12.4 Å². The molecular formula is C12H9F3IN3O. The number of aromatic nitrogens is 2. The van der Waals surface area contributed by atoms with Crippen LogP contribution in [0.4, 0.5) is 19.0 Å². The smallest absolute Gasteiger partial charge is 0.405 e. The van der Waals surface area contributed by atoms with Crippen LogP contribution in [0.25, 0.3) is 11.4 Å². The van der Waals surface area contributed by atoms with Crippen LogP contribution in [0.2, 0.25) is 0 Å². The van der Waals surface area contributed by atoms with Crippen LogP contribution in [-0.2, 0) is 0 Å².